The maximum atomic E-state index is 12.9. The van der Waals surface area contributed by atoms with Crippen molar-refractivity contribution in [3.63, 3.8) is 0 Å². The molecular weight excluding hydrogens is 273 g/mol. The molecule has 2 unspecified atom stereocenters. The highest BCUT2D eigenvalue weighted by Gasteiger charge is 2.26. The van der Waals surface area contributed by atoms with Crippen LogP contribution in [0.4, 0.5) is 4.39 Å². The van der Waals surface area contributed by atoms with Crippen molar-refractivity contribution >= 4 is 21.8 Å². The van der Waals surface area contributed by atoms with Crippen molar-refractivity contribution in [2.45, 2.75) is 30.1 Å². The van der Waals surface area contributed by atoms with Crippen LogP contribution in [0.1, 0.15) is 29.6 Å². The Kier molecular flexibility index (Phi) is 3.59. The fraction of sp³-hybridized carbons (Fsp3) is 0.417. The Balaban J connectivity index is 2.03. The van der Waals surface area contributed by atoms with Crippen LogP contribution in [0, 0.1) is 5.82 Å². The first kappa shape index (κ1) is 11.6. The third-order valence-electron chi connectivity index (χ3n) is 2.83. The Morgan fingerprint density at radius 1 is 1.44 bits per heavy atom. The predicted molar refractivity (Wildman–Crippen MR) is 64.2 cm³/mol. The van der Waals surface area contributed by atoms with Crippen molar-refractivity contribution in [2.24, 2.45) is 0 Å². The summed E-state index contributed by atoms with van der Waals surface area (Å²) in [6.07, 6.45) is 3.18. The molecule has 1 N–H and O–H groups in total. The highest BCUT2D eigenvalue weighted by molar-refractivity contribution is 9.09. The molecule has 1 fully saturated rings. The Hall–Kier alpha value is -0.900. The Morgan fingerprint density at radius 3 is 2.88 bits per heavy atom. The minimum Gasteiger partial charge on any atom is -0.348 e. The molecule has 1 aromatic rings. The van der Waals surface area contributed by atoms with E-state index in [1.54, 1.807) is 12.1 Å². The fourth-order valence-electron chi connectivity index (χ4n) is 1.96. The molecule has 2 nitrogen and oxygen atoms in total. The largest absolute Gasteiger partial charge is 0.348 e. The molecule has 0 aliphatic heterocycles. The highest BCUT2D eigenvalue weighted by Crippen LogP contribution is 2.25. The molecule has 0 heterocycles. The molecule has 0 saturated heterocycles. The summed E-state index contributed by atoms with van der Waals surface area (Å²) in [7, 11) is 0. The van der Waals surface area contributed by atoms with E-state index in [-0.39, 0.29) is 17.8 Å². The number of benzene rings is 1. The van der Waals surface area contributed by atoms with Gasteiger partial charge in [0.1, 0.15) is 5.82 Å². The van der Waals surface area contributed by atoms with Crippen LogP contribution in [0.25, 0.3) is 0 Å². The van der Waals surface area contributed by atoms with E-state index in [4.69, 9.17) is 0 Å². The van der Waals surface area contributed by atoms with Gasteiger partial charge in [-0.1, -0.05) is 28.4 Å². The van der Waals surface area contributed by atoms with Crippen LogP contribution in [-0.2, 0) is 0 Å². The van der Waals surface area contributed by atoms with Crippen molar-refractivity contribution in [3.05, 3.63) is 35.6 Å². The van der Waals surface area contributed by atoms with E-state index in [2.05, 4.69) is 21.2 Å². The molecule has 0 aromatic heterocycles. The molecule has 86 valence electrons. The summed E-state index contributed by atoms with van der Waals surface area (Å²) in [6.45, 7) is 0. The van der Waals surface area contributed by atoms with Crippen LogP contribution < -0.4 is 5.32 Å². The zero-order valence-electron chi connectivity index (χ0n) is 8.75. The van der Waals surface area contributed by atoms with Gasteiger partial charge < -0.3 is 5.32 Å². The van der Waals surface area contributed by atoms with Gasteiger partial charge in [0.05, 0.1) is 0 Å². The molecule has 2 rings (SSSR count). The van der Waals surface area contributed by atoms with Crippen molar-refractivity contribution in [1.29, 1.82) is 0 Å². The number of hydrogen-bond donors (Lipinski definition) is 1. The van der Waals surface area contributed by atoms with E-state index in [0.29, 0.717) is 10.4 Å². The topological polar surface area (TPSA) is 29.1 Å². The van der Waals surface area contributed by atoms with Crippen molar-refractivity contribution in [3.8, 4) is 0 Å². The van der Waals surface area contributed by atoms with Gasteiger partial charge in [-0.15, -0.1) is 0 Å². The summed E-state index contributed by atoms with van der Waals surface area (Å²) in [5.41, 5.74) is 0.381. The minimum atomic E-state index is -0.380. The summed E-state index contributed by atoms with van der Waals surface area (Å²) in [6, 6.07) is 5.92. The zero-order valence-corrected chi connectivity index (χ0v) is 10.3. The van der Waals surface area contributed by atoms with Gasteiger partial charge in [0.2, 0.25) is 0 Å². The standard InChI is InChI=1S/C12H13BrFNO/c13-10-5-2-6-11(10)15-12(16)8-3-1-4-9(14)7-8/h1,3-4,7,10-11H,2,5-6H2,(H,15,16). The van der Waals surface area contributed by atoms with Crippen LogP contribution in [0.2, 0.25) is 0 Å². The lowest BCUT2D eigenvalue weighted by molar-refractivity contribution is 0.0938. The van der Waals surface area contributed by atoms with Gasteiger partial charge >= 0.3 is 0 Å². The van der Waals surface area contributed by atoms with E-state index < -0.39 is 0 Å². The van der Waals surface area contributed by atoms with Gasteiger partial charge in [-0.25, -0.2) is 4.39 Å². The van der Waals surface area contributed by atoms with Crippen LogP contribution in [0.5, 0.6) is 0 Å². The fourth-order valence-corrected chi connectivity index (χ4v) is 2.68. The number of hydrogen-bond acceptors (Lipinski definition) is 1. The van der Waals surface area contributed by atoms with E-state index in [9.17, 15) is 9.18 Å². The number of carbonyl (C=O) groups is 1. The van der Waals surface area contributed by atoms with E-state index >= 15 is 0 Å². The first-order chi connectivity index (χ1) is 7.66. The van der Waals surface area contributed by atoms with Crippen LogP contribution >= 0.6 is 15.9 Å². The summed E-state index contributed by atoms with van der Waals surface area (Å²) in [4.78, 5) is 12.1. The first-order valence-corrected chi connectivity index (χ1v) is 6.29. The lowest BCUT2D eigenvalue weighted by Gasteiger charge is -2.15. The molecule has 2 atom stereocenters. The molecule has 0 bridgehead atoms. The highest BCUT2D eigenvalue weighted by atomic mass is 79.9. The average molecular weight is 286 g/mol. The third-order valence-corrected chi connectivity index (χ3v) is 3.93. The van der Waals surface area contributed by atoms with Gasteiger partial charge in [0, 0.05) is 16.4 Å². The van der Waals surface area contributed by atoms with Gasteiger partial charge in [0.25, 0.3) is 5.91 Å². The summed E-state index contributed by atoms with van der Waals surface area (Å²) in [5.74, 6) is -0.578. The molecular formula is C12H13BrFNO. The zero-order chi connectivity index (χ0) is 11.5. The second-order valence-electron chi connectivity index (χ2n) is 4.04. The maximum Gasteiger partial charge on any atom is 0.251 e. The predicted octanol–water partition coefficient (Wildman–Crippen LogP) is 2.87. The number of rotatable bonds is 2. The van der Waals surface area contributed by atoms with Crippen molar-refractivity contribution in [2.75, 3.05) is 0 Å². The summed E-state index contributed by atoms with van der Waals surface area (Å²) in [5, 5.41) is 2.92. The molecule has 16 heavy (non-hydrogen) atoms. The second-order valence-corrected chi connectivity index (χ2v) is 5.21. The van der Waals surface area contributed by atoms with E-state index in [1.165, 1.54) is 12.1 Å². The van der Waals surface area contributed by atoms with Gasteiger partial charge in [0.15, 0.2) is 0 Å². The molecule has 1 saturated carbocycles. The number of nitrogens with one attached hydrogen (secondary N) is 1. The third kappa shape index (κ3) is 2.61. The summed E-state index contributed by atoms with van der Waals surface area (Å²) >= 11 is 3.53. The average Bonchev–Trinajstić information content (AvgIpc) is 2.64. The van der Waals surface area contributed by atoms with E-state index in [1.807, 2.05) is 0 Å². The number of alkyl halides is 1. The van der Waals surface area contributed by atoms with Crippen molar-refractivity contribution < 1.29 is 9.18 Å². The first-order valence-electron chi connectivity index (χ1n) is 5.37. The smallest absolute Gasteiger partial charge is 0.251 e. The summed E-state index contributed by atoms with van der Waals surface area (Å²) < 4.78 is 12.9. The number of amides is 1. The quantitative estimate of drug-likeness (QED) is 0.832. The second kappa shape index (κ2) is 4.95. The molecule has 1 aliphatic carbocycles. The minimum absolute atomic E-state index is 0.163. The number of halogens is 2. The molecule has 1 aromatic carbocycles. The Bertz CT molecular complexity index is 396. The monoisotopic (exact) mass is 285 g/mol. The molecule has 1 aliphatic rings. The Labute approximate surface area is 102 Å². The molecule has 0 radical (unpaired) electrons. The van der Waals surface area contributed by atoms with Crippen LogP contribution in [0.3, 0.4) is 0 Å². The van der Waals surface area contributed by atoms with Gasteiger partial charge in [-0.05, 0) is 31.0 Å². The lowest BCUT2D eigenvalue weighted by atomic mass is 10.2. The number of carbonyl (C=O) groups excluding carboxylic acids is 1. The van der Waals surface area contributed by atoms with Crippen LogP contribution in [0.15, 0.2) is 24.3 Å². The van der Waals surface area contributed by atoms with Crippen LogP contribution in [-0.4, -0.2) is 16.8 Å². The van der Waals surface area contributed by atoms with Gasteiger partial charge in [-0.2, -0.15) is 0 Å². The normalized spacial score (nSPS) is 24.4. The van der Waals surface area contributed by atoms with Crippen molar-refractivity contribution in [1.82, 2.24) is 5.32 Å². The Morgan fingerprint density at radius 2 is 2.25 bits per heavy atom. The lowest BCUT2D eigenvalue weighted by Crippen LogP contribution is -2.37. The molecule has 1 amide bonds. The molecule has 0 spiro atoms. The molecule has 4 heteroatoms. The SMILES string of the molecule is O=C(NC1CCCC1Br)c1cccc(F)c1. The van der Waals surface area contributed by atoms with E-state index in [0.717, 1.165) is 19.3 Å². The van der Waals surface area contributed by atoms with Gasteiger partial charge in [-0.3, -0.25) is 4.79 Å². The maximum absolute atomic E-state index is 12.9.